The van der Waals surface area contributed by atoms with Crippen LogP contribution in [0.4, 0.5) is 0 Å². The first-order chi connectivity index (χ1) is 7.25. The van der Waals surface area contributed by atoms with Crippen LogP contribution in [0.2, 0.25) is 0 Å². The molecule has 2 heteroatoms. The predicted molar refractivity (Wildman–Crippen MR) is 63.1 cm³/mol. The summed E-state index contributed by atoms with van der Waals surface area (Å²) in [5, 5.41) is 2.46. The maximum atomic E-state index is 4.37. The van der Waals surface area contributed by atoms with Crippen LogP contribution in [-0.2, 0) is 0 Å². The van der Waals surface area contributed by atoms with Gasteiger partial charge in [0.25, 0.3) is 0 Å². The van der Waals surface area contributed by atoms with Crippen molar-refractivity contribution >= 4 is 21.8 Å². The zero-order valence-corrected chi connectivity index (χ0v) is 8.83. The number of rotatable bonds is 0. The highest BCUT2D eigenvalue weighted by Crippen LogP contribution is 2.25. The van der Waals surface area contributed by atoms with Crippen molar-refractivity contribution in [1.82, 2.24) is 9.97 Å². The van der Waals surface area contributed by atoms with Crippen LogP contribution in [0.25, 0.3) is 21.8 Å². The van der Waals surface area contributed by atoms with Gasteiger partial charge in [-0.1, -0.05) is 6.07 Å². The lowest BCUT2D eigenvalue weighted by molar-refractivity contribution is 1.25. The molecule has 0 aliphatic carbocycles. The van der Waals surface area contributed by atoms with Crippen LogP contribution in [0.1, 0.15) is 11.3 Å². The molecule has 3 rings (SSSR count). The molecule has 0 radical (unpaired) electrons. The second-order valence-corrected chi connectivity index (χ2v) is 3.97. The normalized spacial score (nSPS) is 11.3. The van der Waals surface area contributed by atoms with Gasteiger partial charge in [0.05, 0.1) is 5.52 Å². The Morgan fingerprint density at radius 1 is 1.20 bits per heavy atom. The van der Waals surface area contributed by atoms with Crippen LogP contribution in [0, 0.1) is 13.8 Å². The van der Waals surface area contributed by atoms with Gasteiger partial charge in [0.2, 0.25) is 0 Å². The zero-order valence-electron chi connectivity index (χ0n) is 8.83. The molecule has 3 aromatic rings. The Balaban J connectivity index is 2.53. The van der Waals surface area contributed by atoms with Crippen molar-refractivity contribution in [3.05, 3.63) is 41.7 Å². The molecule has 74 valence electrons. The van der Waals surface area contributed by atoms with E-state index >= 15 is 0 Å². The number of pyridine rings is 1. The van der Waals surface area contributed by atoms with E-state index in [4.69, 9.17) is 0 Å². The molecule has 0 fully saturated rings. The molecule has 1 aromatic carbocycles. The summed E-state index contributed by atoms with van der Waals surface area (Å²) in [5.41, 5.74) is 4.82. The first-order valence-electron chi connectivity index (χ1n) is 5.09. The van der Waals surface area contributed by atoms with Crippen LogP contribution in [-0.4, -0.2) is 9.97 Å². The predicted octanol–water partition coefficient (Wildman–Crippen LogP) is 3.33. The summed E-state index contributed by atoms with van der Waals surface area (Å²) in [5.74, 6) is 0. The Morgan fingerprint density at radius 3 is 2.93 bits per heavy atom. The van der Waals surface area contributed by atoms with Crippen LogP contribution < -0.4 is 0 Å². The zero-order chi connectivity index (χ0) is 10.4. The fourth-order valence-corrected chi connectivity index (χ4v) is 2.03. The average Bonchev–Trinajstić information content (AvgIpc) is 2.52. The Labute approximate surface area is 88.0 Å². The third-order valence-corrected chi connectivity index (χ3v) is 3.03. The Bertz CT molecular complexity index is 650. The Hall–Kier alpha value is -1.83. The summed E-state index contributed by atoms with van der Waals surface area (Å²) in [7, 11) is 0. The van der Waals surface area contributed by atoms with Gasteiger partial charge < -0.3 is 4.98 Å². The summed E-state index contributed by atoms with van der Waals surface area (Å²) in [6.45, 7) is 4.25. The second-order valence-electron chi connectivity index (χ2n) is 3.97. The standard InChI is InChI=1S/C13H12N2/c1-8-9(2)15-13-6-10-4-3-5-14-12(10)7-11(8)13/h3-7,15H,1-2H3. The molecule has 0 unspecified atom stereocenters. The summed E-state index contributed by atoms with van der Waals surface area (Å²) in [4.78, 5) is 7.76. The fraction of sp³-hybridized carbons (Fsp3) is 0.154. The van der Waals surface area contributed by atoms with Crippen LogP contribution in [0.5, 0.6) is 0 Å². The van der Waals surface area contributed by atoms with E-state index in [1.165, 1.54) is 27.5 Å². The van der Waals surface area contributed by atoms with Crippen molar-refractivity contribution in [2.24, 2.45) is 0 Å². The molecule has 0 bridgehead atoms. The van der Waals surface area contributed by atoms with Gasteiger partial charge in [0.1, 0.15) is 0 Å². The van der Waals surface area contributed by atoms with Gasteiger partial charge in [0, 0.05) is 28.2 Å². The second kappa shape index (κ2) is 2.83. The molecule has 0 saturated carbocycles. The SMILES string of the molecule is Cc1[nH]c2cc3cccnc3cc2c1C. The first-order valence-corrected chi connectivity index (χ1v) is 5.09. The largest absolute Gasteiger partial charge is 0.358 e. The van der Waals surface area contributed by atoms with E-state index in [2.05, 4.69) is 42.0 Å². The van der Waals surface area contributed by atoms with Crippen molar-refractivity contribution in [1.29, 1.82) is 0 Å². The number of H-pyrrole nitrogens is 1. The molecular formula is C13H12N2. The van der Waals surface area contributed by atoms with E-state index < -0.39 is 0 Å². The molecule has 0 aliphatic heterocycles. The van der Waals surface area contributed by atoms with Crippen LogP contribution in [0.15, 0.2) is 30.5 Å². The van der Waals surface area contributed by atoms with Gasteiger partial charge in [-0.2, -0.15) is 0 Å². The van der Waals surface area contributed by atoms with E-state index in [0.29, 0.717) is 0 Å². The van der Waals surface area contributed by atoms with Crippen molar-refractivity contribution in [3.8, 4) is 0 Å². The topological polar surface area (TPSA) is 28.7 Å². The smallest absolute Gasteiger partial charge is 0.0709 e. The van der Waals surface area contributed by atoms with E-state index in [9.17, 15) is 0 Å². The minimum Gasteiger partial charge on any atom is -0.358 e. The van der Waals surface area contributed by atoms with Crippen molar-refractivity contribution in [3.63, 3.8) is 0 Å². The lowest BCUT2D eigenvalue weighted by Crippen LogP contribution is -1.77. The fourth-order valence-electron chi connectivity index (χ4n) is 2.03. The van der Waals surface area contributed by atoms with Crippen molar-refractivity contribution in [2.45, 2.75) is 13.8 Å². The van der Waals surface area contributed by atoms with Gasteiger partial charge in [-0.15, -0.1) is 0 Å². The van der Waals surface area contributed by atoms with E-state index in [-0.39, 0.29) is 0 Å². The first kappa shape index (κ1) is 8.48. The minimum absolute atomic E-state index is 1.06. The number of nitrogens with one attached hydrogen (secondary N) is 1. The molecule has 15 heavy (non-hydrogen) atoms. The lowest BCUT2D eigenvalue weighted by atomic mass is 10.1. The highest BCUT2D eigenvalue weighted by Gasteiger charge is 2.05. The molecule has 0 aliphatic rings. The van der Waals surface area contributed by atoms with Crippen molar-refractivity contribution in [2.75, 3.05) is 0 Å². The van der Waals surface area contributed by atoms with Gasteiger partial charge in [-0.25, -0.2) is 0 Å². The van der Waals surface area contributed by atoms with Crippen LogP contribution >= 0.6 is 0 Å². The maximum Gasteiger partial charge on any atom is 0.0709 e. The molecular weight excluding hydrogens is 184 g/mol. The summed E-state index contributed by atoms with van der Waals surface area (Å²) >= 11 is 0. The van der Waals surface area contributed by atoms with Gasteiger partial charge in [0.15, 0.2) is 0 Å². The van der Waals surface area contributed by atoms with Crippen LogP contribution in [0.3, 0.4) is 0 Å². The highest BCUT2D eigenvalue weighted by atomic mass is 14.7. The van der Waals surface area contributed by atoms with Gasteiger partial charge in [-0.05, 0) is 37.6 Å². The number of benzene rings is 1. The quantitative estimate of drug-likeness (QED) is 0.587. The Kier molecular flexibility index (Phi) is 1.60. The van der Waals surface area contributed by atoms with E-state index in [0.717, 1.165) is 5.52 Å². The van der Waals surface area contributed by atoms with Gasteiger partial charge in [-0.3, -0.25) is 4.98 Å². The number of nitrogens with zero attached hydrogens (tertiary/aromatic N) is 1. The van der Waals surface area contributed by atoms with E-state index in [1.54, 1.807) is 0 Å². The molecule has 2 aromatic heterocycles. The van der Waals surface area contributed by atoms with Gasteiger partial charge >= 0.3 is 0 Å². The number of fused-ring (bicyclic) bond motifs is 2. The van der Waals surface area contributed by atoms with E-state index in [1.807, 2.05) is 12.3 Å². The molecule has 0 spiro atoms. The molecule has 0 amide bonds. The molecule has 2 nitrogen and oxygen atoms in total. The number of aryl methyl sites for hydroxylation is 2. The molecule has 0 saturated heterocycles. The lowest BCUT2D eigenvalue weighted by Gasteiger charge is -1.97. The Morgan fingerprint density at radius 2 is 2.07 bits per heavy atom. The van der Waals surface area contributed by atoms with Crippen molar-refractivity contribution < 1.29 is 0 Å². The minimum atomic E-state index is 1.06. The average molecular weight is 196 g/mol. The monoisotopic (exact) mass is 196 g/mol. The maximum absolute atomic E-state index is 4.37. The molecule has 1 N–H and O–H groups in total. The third kappa shape index (κ3) is 1.14. The summed E-state index contributed by atoms with van der Waals surface area (Å²) in [6, 6.07) is 8.38. The number of hydrogen-bond donors (Lipinski definition) is 1. The number of aromatic nitrogens is 2. The molecule has 2 heterocycles. The highest BCUT2D eigenvalue weighted by molar-refractivity contribution is 5.97. The third-order valence-electron chi connectivity index (χ3n) is 3.03. The summed E-state index contributed by atoms with van der Waals surface area (Å²) in [6.07, 6.45) is 1.84. The number of hydrogen-bond acceptors (Lipinski definition) is 1. The molecule has 0 atom stereocenters. The number of aromatic amines is 1. The summed E-state index contributed by atoms with van der Waals surface area (Å²) < 4.78 is 0.